The molecule has 0 amide bonds. The number of ether oxygens (including phenoxy) is 2. The fraction of sp³-hybridized carbons (Fsp3) is 0.450. The first-order valence-corrected chi connectivity index (χ1v) is 16.9. The highest BCUT2D eigenvalue weighted by Gasteiger charge is 2.36. The maximum Gasteiger partial charge on any atom is 0.179 e. The number of allylic oxidation sites excluding steroid dienone is 2. The van der Waals surface area contributed by atoms with E-state index in [9.17, 15) is 20.1 Å². The van der Waals surface area contributed by atoms with Gasteiger partial charge in [-0.05, 0) is 80.3 Å². The lowest BCUT2D eigenvalue weighted by Crippen LogP contribution is -2.43. The van der Waals surface area contributed by atoms with E-state index in [-0.39, 0.29) is 28.3 Å². The van der Waals surface area contributed by atoms with Crippen molar-refractivity contribution in [3.8, 4) is 12.1 Å². The van der Waals surface area contributed by atoms with Crippen LogP contribution < -0.4 is 0 Å². The molecule has 0 spiro atoms. The second kappa shape index (κ2) is 14.3. The van der Waals surface area contributed by atoms with Gasteiger partial charge < -0.3 is 19.3 Å². The second-order valence-corrected chi connectivity index (χ2v) is 13.6. The number of hydrogen-bond donors (Lipinski definition) is 0. The van der Waals surface area contributed by atoms with Crippen LogP contribution in [0.25, 0.3) is 17.5 Å². The number of nitriles is 2. The topological polar surface area (TPSA) is 107 Å². The fourth-order valence-electron chi connectivity index (χ4n) is 7.07. The summed E-state index contributed by atoms with van der Waals surface area (Å²) in [5.41, 5.74) is 8.27. The number of piperidine rings is 2. The Hall–Kier alpha value is -4.50. The number of nitrogens with zero attached hydrogens (tertiary/aromatic N) is 4. The predicted molar refractivity (Wildman–Crippen MR) is 187 cm³/mol. The number of aryl methyl sites for hydroxylation is 1. The van der Waals surface area contributed by atoms with E-state index >= 15 is 0 Å². The summed E-state index contributed by atoms with van der Waals surface area (Å²) >= 11 is 0. The molecule has 0 unspecified atom stereocenters. The van der Waals surface area contributed by atoms with Gasteiger partial charge in [-0.3, -0.25) is 9.59 Å². The molecule has 48 heavy (non-hydrogen) atoms. The van der Waals surface area contributed by atoms with Crippen LogP contribution in [0.15, 0.2) is 54.1 Å². The Bertz CT molecular complexity index is 1760. The molecule has 2 saturated heterocycles. The number of likely N-dealkylation sites (tertiary alicyclic amines) is 2. The van der Waals surface area contributed by atoms with Gasteiger partial charge in [-0.15, -0.1) is 0 Å². The van der Waals surface area contributed by atoms with Crippen LogP contribution in [0, 0.1) is 22.7 Å². The standard InChI is InChI=1S/C20H24N2O2.C20H22N2O2/c2*1-4-14-5-6-15-12-18(23)17(13-21)19(16(15)11-14)22-9-7-20(2,24-3)8-10-22/h5-6,11H,4,7-10,12H2,1-3H3;4-6,11H,1,7-10,12H2,2-3H3. The number of benzene rings is 2. The van der Waals surface area contributed by atoms with Crippen molar-refractivity contribution in [1.82, 2.24) is 9.80 Å². The molecule has 2 aliphatic carbocycles. The third-order valence-corrected chi connectivity index (χ3v) is 10.7. The van der Waals surface area contributed by atoms with Gasteiger partial charge in [0.25, 0.3) is 0 Å². The van der Waals surface area contributed by atoms with Gasteiger partial charge >= 0.3 is 0 Å². The van der Waals surface area contributed by atoms with E-state index in [2.05, 4.69) is 61.4 Å². The number of hydrogen-bond acceptors (Lipinski definition) is 8. The molecule has 8 heteroatoms. The minimum atomic E-state index is -0.131. The monoisotopic (exact) mass is 646 g/mol. The van der Waals surface area contributed by atoms with E-state index < -0.39 is 0 Å². The Morgan fingerprint density at radius 2 is 1.21 bits per heavy atom. The lowest BCUT2D eigenvalue weighted by atomic mass is 9.85. The van der Waals surface area contributed by atoms with Crippen LogP contribution in [0.4, 0.5) is 0 Å². The number of carbonyl (C=O) groups is 2. The fourth-order valence-corrected chi connectivity index (χ4v) is 7.07. The molecule has 2 fully saturated rings. The van der Waals surface area contributed by atoms with Crippen molar-refractivity contribution in [2.45, 2.75) is 76.9 Å². The van der Waals surface area contributed by atoms with E-state index in [1.54, 1.807) is 20.3 Å². The van der Waals surface area contributed by atoms with Gasteiger partial charge in [0.05, 0.1) is 22.6 Å². The number of carbonyl (C=O) groups excluding carboxylic acids is 2. The molecular weight excluding hydrogens is 600 g/mol. The lowest BCUT2D eigenvalue weighted by Gasteiger charge is -2.41. The summed E-state index contributed by atoms with van der Waals surface area (Å²) in [6, 6.07) is 16.6. The summed E-state index contributed by atoms with van der Waals surface area (Å²) in [5.74, 6) is -0.157. The van der Waals surface area contributed by atoms with Crippen molar-refractivity contribution >= 4 is 29.0 Å². The van der Waals surface area contributed by atoms with Gasteiger partial charge in [0.2, 0.25) is 0 Å². The van der Waals surface area contributed by atoms with Crippen molar-refractivity contribution in [3.05, 3.63) is 87.5 Å². The van der Waals surface area contributed by atoms with Gasteiger partial charge in [-0.1, -0.05) is 43.8 Å². The van der Waals surface area contributed by atoms with Gasteiger partial charge in [0.15, 0.2) is 11.6 Å². The zero-order valence-electron chi connectivity index (χ0n) is 28.9. The molecule has 0 N–H and O–H groups in total. The maximum absolute atomic E-state index is 12.4. The van der Waals surface area contributed by atoms with Crippen molar-refractivity contribution < 1.29 is 19.1 Å². The van der Waals surface area contributed by atoms with Gasteiger partial charge in [0.1, 0.15) is 23.3 Å². The molecule has 250 valence electrons. The highest BCUT2D eigenvalue weighted by molar-refractivity contribution is 6.10. The summed E-state index contributed by atoms with van der Waals surface area (Å²) < 4.78 is 11.2. The summed E-state index contributed by atoms with van der Waals surface area (Å²) in [5, 5.41) is 19.1. The van der Waals surface area contributed by atoms with Crippen LogP contribution in [0.2, 0.25) is 0 Å². The molecular formula is C40H46N4O4. The SMILES string of the molecule is C=Cc1ccc2c(c1)C(N1CCC(C)(OC)CC1)=C(C#N)C(=O)C2.CCc1ccc2c(c1)C(N1CCC(C)(OC)CC1)=C(C#N)C(=O)C2. The summed E-state index contributed by atoms with van der Waals surface area (Å²) in [6.45, 7) is 13.3. The molecule has 4 aliphatic rings. The lowest BCUT2D eigenvalue weighted by molar-refractivity contribution is -0.115. The van der Waals surface area contributed by atoms with Crippen molar-refractivity contribution in [2.75, 3.05) is 40.4 Å². The highest BCUT2D eigenvalue weighted by Crippen LogP contribution is 2.38. The number of methoxy groups -OCH3 is 2. The molecule has 0 saturated carbocycles. The average molecular weight is 647 g/mol. The smallest absolute Gasteiger partial charge is 0.179 e. The first-order chi connectivity index (χ1) is 23.0. The molecule has 0 bridgehead atoms. The second-order valence-electron chi connectivity index (χ2n) is 13.6. The number of fused-ring (bicyclic) bond motifs is 2. The van der Waals surface area contributed by atoms with E-state index in [4.69, 9.17) is 9.47 Å². The summed E-state index contributed by atoms with van der Waals surface area (Å²) in [4.78, 5) is 29.2. The molecule has 2 aliphatic heterocycles. The molecule has 0 radical (unpaired) electrons. The van der Waals surface area contributed by atoms with Crippen LogP contribution in [-0.2, 0) is 38.3 Å². The predicted octanol–water partition coefficient (Wildman–Crippen LogP) is 6.30. The summed E-state index contributed by atoms with van der Waals surface area (Å²) in [6.07, 6.45) is 6.88. The zero-order valence-corrected chi connectivity index (χ0v) is 28.9. The van der Waals surface area contributed by atoms with Crippen LogP contribution in [-0.4, -0.2) is 73.0 Å². The maximum atomic E-state index is 12.4. The van der Waals surface area contributed by atoms with Crippen molar-refractivity contribution in [1.29, 1.82) is 10.5 Å². The first kappa shape index (κ1) is 34.8. The van der Waals surface area contributed by atoms with Crippen LogP contribution in [0.1, 0.15) is 79.8 Å². The van der Waals surface area contributed by atoms with E-state index in [0.717, 1.165) is 97.5 Å². The average Bonchev–Trinajstić information content (AvgIpc) is 3.11. The molecule has 2 heterocycles. The number of rotatable bonds is 6. The van der Waals surface area contributed by atoms with Gasteiger partial charge in [0, 0.05) is 64.4 Å². The molecule has 0 atom stereocenters. The Morgan fingerprint density at radius 3 is 1.60 bits per heavy atom. The number of Topliss-reactive ketones (excluding diaryl/α,β-unsaturated/α-hetero) is 2. The van der Waals surface area contributed by atoms with Crippen molar-refractivity contribution in [3.63, 3.8) is 0 Å². The largest absolute Gasteiger partial charge is 0.378 e. The van der Waals surface area contributed by atoms with Gasteiger partial charge in [-0.2, -0.15) is 10.5 Å². The van der Waals surface area contributed by atoms with E-state index in [1.165, 1.54) is 5.56 Å². The van der Waals surface area contributed by atoms with Crippen LogP contribution in [0.3, 0.4) is 0 Å². The Labute approximate surface area is 284 Å². The molecule has 6 rings (SSSR count). The van der Waals surface area contributed by atoms with Crippen molar-refractivity contribution in [2.24, 2.45) is 0 Å². The third-order valence-electron chi connectivity index (χ3n) is 10.7. The first-order valence-electron chi connectivity index (χ1n) is 16.9. The minimum absolute atomic E-state index is 0.0654. The highest BCUT2D eigenvalue weighted by atomic mass is 16.5. The minimum Gasteiger partial charge on any atom is -0.378 e. The normalized spacial score (nSPS) is 19.8. The molecule has 2 aromatic rings. The molecule has 8 nitrogen and oxygen atoms in total. The molecule has 0 aromatic heterocycles. The van der Waals surface area contributed by atoms with E-state index in [0.29, 0.717) is 18.4 Å². The Morgan fingerprint density at radius 1 is 0.771 bits per heavy atom. The molecule has 2 aromatic carbocycles. The summed E-state index contributed by atoms with van der Waals surface area (Å²) in [7, 11) is 3.49. The quantitative estimate of drug-likeness (QED) is 0.360. The third kappa shape index (κ3) is 6.88. The zero-order chi connectivity index (χ0) is 34.6. The Kier molecular flexibility index (Phi) is 10.4. The Balaban J connectivity index is 0.000000188. The van der Waals surface area contributed by atoms with E-state index in [1.807, 2.05) is 24.3 Å². The number of ketones is 2. The van der Waals surface area contributed by atoms with Crippen LogP contribution >= 0.6 is 0 Å². The van der Waals surface area contributed by atoms with Gasteiger partial charge in [-0.25, -0.2) is 0 Å². The van der Waals surface area contributed by atoms with Crippen LogP contribution in [0.5, 0.6) is 0 Å².